The summed E-state index contributed by atoms with van der Waals surface area (Å²) in [6.45, 7) is 0.725. The minimum absolute atomic E-state index is 0.156. The number of fused-ring (bicyclic) bond motifs is 3. The second-order valence-corrected chi connectivity index (χ2v) is 7.36. The summed E-state index contributed by atoms with van der Waals surface area (Å²) in [5.41, 5.74) is 2.40. The van der Waals surface area contributed by atoms with Gasteiger partial charge in [0.1, 0.15) is 5.56 Å². The fourth-order valence-electron chi connectivity index (χ4n) is 4.33. The van der Waals surface area contributed by atoms with E-state index in [1.165, 1.54) is 0 Å². The molecule has 1 aliphatic heterocycles. The third kappa shape index (κ3) is 2.62. The summed E-state index contributed by atoms with van der Waals surface area (Å²) in [5.74, 6) is -0.340. The standard InChI is InChI=1S/C22H20N4O3/c1-25-12-11-15-14-9-5-6-10-16(14)23-18(15)19(25)17-20(27)24-22(29)26(21(17)28)13-7-3-2-4-8-13/h2-10,19,23,28H,11-12H2,1H3,(H,24,27,29). The van der Waals surface area contributed by atoms with Gasteiger partial charge < -0.3 is 10.1 Å². The summed E-state index contributed by atoms with van der Waals surface area (Å²) >= 11 is 0. The van der Waals surface area contributed by atoms with Crippen LogP contribution in [0.3, 0.4) is 0 Å². The molecule has 4 aromatic rings. The van der Waals surface area contributed by atoms with Crippen molar-refractivity contribution in [3.63, 3.8) is 0 Å². The van der Waals surface area contributed by atoms with Crippen LogP contribution in [0.15, 0.2) is 64.2 Å². The molecule has 3 heterocycles. The minimum Gasteiger partial charge on any atom is -0.494 e. The minimum atomic E-state index is -0.669. The zero-order valence-corrected chi connectivity index (χ0v) is 15.8. The molecule has 0 aliphatic carbocycles. The second-order valence-electron chi connectivity index (χ2n) is 7.36. The lowest BCUT2D eigenvalue weighted by Crippen LogP contribution is -2.39. The normalized spacial score (nSPS) is 16.8. The quantitative estimate of drug-likeness (QED) is 0.491. The fraction of sp³-hybridized carbons (Fsp3) is 0.182. The lowest BCUT2D eigenvalue weighted by molar-refractivity contribution is 0.252. The number of aromatic hydroxyl groups is 1. The molecule has 2 aromatic carbocycles. The van der Waals surface area contributed by atoms with E-state index in [9.17, 15) is 14.7 Å². The van der Waals surface area contributed by atoms with Crippen molar-refractivity contribution in [3.05, 3.63) is 92.3 Å². The first kappa shape index (κ1) is 17.5. The lowest BCUT2D eigenvalue weighted by atomic mass is 9.94. The first-order chi connectivity index (χ1) is 14.1. The van der Waals surface area contributed by atoms with E-state index in [2.05, 4.69) is 16.0 Å². The zero-order chi connectivity index (χ0) is 20.1. The molecular weight excluding hydrogens is 368 g/mol. The van der Waals surface area contributed by atoms with E-state index >= 15 is 0 Å². The Kier molecular flexibility index (Phi) is 3.92. The van der Waals surface area contributed by atoms with Gasteiger partial charge in [0.25, 0.3) is 5.56 Å². The largest absolute Gasteiger partial charge is 0.494 e. The molecule has 7 nitrogen and oxygen atoms in total. The molecule has 0 spiro atoms. The van der Waals surface area contributed by atoms with Crippen LogP contribution in [0.1, 0.15) is 22.9 Å². The predicted octanol–water partition coefficient (Wildman–Crippen LogP) is 2.29. The van der Waals surface area contributed by atoms with Gasteiger partial charge in [-0.3, -0.25) is 14.7 Å². The average molecular weight is 388 g/mol. The molecule has 3 N–H and O–H groups in total. The summed E-state index contributed by atoms with van der Waals surface area (Å²) in [5, 5.41) is 12.2. The summed E-state index contributed by atoms with van der Waals surface area (Å²) < 4.78 is 1.14. The molecule has 0 bridgehead atoms. The Balaban J connectivity index is 1.79. The highest BCUT2D eigenvalue weighted by Crippen LogP contribution is 2.38. The Morgan fingerprint density at radius 1 is 1.00 bits per heavy atom. The lowest BCUT2D eigenvalue weighted by Gasteiger charge is -2.33. The SMILES string of the molecule is CN1CCc2c([nH]c3ccccc23)C1c1c(O)n(-c2ccccc2)c(=O)[nH]c1=O. The van der Waals surface area contributed by atoms with E-state index in [1.54, 1.807) is 24.3 Å². The maximum atomic E-state index is 12.8. The van der Waals surface area contributed by atoms with Gasteiger partial charge in [-0.1, -0.05) is 36.4 Å². The highest BCUT2D eigenvalue weighted by atomic mass is 16.3. The average Bonchev–Trinajstić information content (AvgIpc) is 3.09. The number of H-pyrrole nitrogens is 2. The molecule has 0 radical (unpaired) electrons. The Labute approximate surface area is 165 Å². The van der Waals surface area contributed by atoms with Crippen LogP contribution in [0.4, 0.5) is 0 Å². The van der Waals surface area contributed by atoms with Crippen LogP contribution in [-0.2, 0) is 6.42 Å². The number of nitrogens with zero attached hydrogens (tertiary/aromatic N) is 2. The van der Waals surface area contributed by atoms with Crippen LogP contribution in [0, 0.1) is 0 Å². The summed E-state index contributed by atoms with van der Waals surface area (Å²) in [7, 11) is 1.91. The van der Waals surface area contributed by atoms with Crippen molar-refractivity contribution in [3.8, 4) is 11.6 Å². The molecule has 2 aromatic heterocycles. The Morgan fingerprint density at radius 2 is 1.72 bits per heavy atom. The molecule has 7 heteroatoms. The summed E-state index contributed by atoms with van der Waals surface area (Å²) in [6.07, 6.45) is 0.837. The van der Waals surface area contributed by atoms with Gasteiger partial charge in [0.2, 0.25) is 5.88 Å². The number of para-hydroxylation sites is 2. The first-order valence-corrected chi connectivity index (χ1v) is 9.49. The molecule has 1 unspecified atom stereocenters. The van der Waals surface area contributed by atoms with Gasteiger partial charge in [0.15, 0.2) is 0 Å². The Hall–Kier alpha value is -3.58. The van der Waals surface area contributed by atoms with E-state index in [-0.39, 0.29) is 11.4 Å². The third-order valence-electron chi connectivity index (χ3n) is 5.68. The van der Waals surface area contributed by atoms with E-state index in [4.69, 9.17) is 0 Å². The van der Waals surface area contributed by atoms with Crippen molar-refractivity contribution in [2.24, 2.45) is 0 Å². The van der Waals surface area contributed by atoms with Gasteiger partial charge in [0, 0.05) is 23.1 Å². The topological polar surface area (TPSA) is 94.1 Å². The predicted molar refractivity (Wildman–Crippen MR) is 111 cm³/mol. The van der Waals surface area contributed by atoms with Gasteiger partial charge >= 0.3 is 5.69 Å². The van der Waals surface area contributed by atoms with Crippen molar-refractivity contribution in [2.75, 3.05) is 13.6 Å². The van der Waals surface area contributed by atoms with Gasteiger partial charge in [-0.2, -0.15) is 0 Å². The number of aromatic amines is 2. The van der Waals surface area contributed by atoms with Crippen LogP contribution >= 0.6 is 0 Å². The van der Waals surface area contributed by atoms with Crippen molar-refractivity contribution in [1.82, 2.24) is 19.4 Å². The van der Waals surface area contributed by atoms with Crippen LogP contribution in [0.2, 0.25) is 0 Å². The molecular formula is C22H20N4O3. The number of aromatic nitrogens is 3. The number of likely N-dealkylation sites (N-methyl/N-ethyl adjacent to an activating group) is 1. The third-order valence-corrected chi connectivity index (χ3v) is 5.68. The van der Waals surface area contributed by atoms with Crippen LogP contribution in [-0.4, -0.2) is 38.1 Å². The number of benzene rings is 2. The monoisotopic (exact) mass is 388 g/mol. The van der Waals surface area contributed by atoms with Crippen LogP contribution in [0.5, 0.6) is 5.88 Å². The van der Waals surface area contributed by atoms with E-state index in [0.29, 0.717) is 5.69 Å². The highest BCUT2D eigenvalue weighted by molar-refractivity contribution is 5.85. The molecule has 1 aliphatic rings. The molecule has 29 heavy (non-hydrogen) atoms. The number of hydrogen-bond acceptors (Lipinski definition) is 4. The first-order valence-electron chi connectivity index (χ1n) is 9.49. The van der Waals surface area contributed by atoms with Crippen molar-refractivity contribution < 1.29 is 5.11 Å². The van der Waals surface area contributed by atoms with Crippen LogP contribution in [0.25, 0.3) is 16.6 Å². The smallest absolute Gasteiger partial charge is 0.335 e. The van der Waals surface area contributed by atoms with Gasteiger partial charge in [0.05, 0.1) is 11.7 Å². The molecule has 0 fully saturated rings. The molecule has 5 rings (SSSR count). The molecule has 0 amide bonds. The molecule has 0 saturated heterocycles. The molecule has 1 atom stereocenters. The Morgan fingerprint density at radius 3 is 2.52 bits per heavy atom. The Bertz CT molecular complexity index is 1330. The van der Waals surface area contributed by atoms with Crippen molar-refractivity contribution in [2.45, 2.75) is 12.5 Å². The number of rotatable bonds is 2. The summed E-state index contributed by atoms with van der Waals surface area (Å²) in [6, 6.07) is 16.3. The van der Waals surface area contributed by atoms with Gasteiger partial charge in [-0.25, -0.2) is 9.36 Å². The van der Waals surface area contributed by atoms with Crippen molar-refractivity contribution in [1.29, 1.82) is 0 Å². The van der Waals surface area contributed by atoms with Crippen molar-refractivity contribution >= 4 is 10.9 Å². The summed E-state index contributed by atoms with van der Waals surface area (Å²) in [4.78, 5) is 33.2. The van der Waals surface area contributed by atoms with Gasteiger partial charge in [-0.05, 0) is 37.2 Å². The van der Waals surface area contributed by atoms with E-state index < -0.39 is 17.3 Å². The number of nitrogens with one attached hydrogen (secondary N) is 2. The second kappa shape index (κ2) is 6.49. The fourth-order valence-corrected chi connectivity index (χ4v) is 4.33. The highest BCUT2D eigenvalue weighted by Gasteiger charge is 2.34. The molecule has 0 saturated carbocycles. The number of hydrogen-bond donors (Lipinski definition) is 3. The van der Waals surface area contributed by atoms with Crippen LogP contribution < -0.4 is 11.2 Å². The van der Waals surface area contributed by atoms with E-state index in [1.807, 2.05) is 36.2 Å². The zero-order valence-electron chi connectivity index (χ0n) is 15.8. The maximum absolute atomic E-state index is 12.8. The van der Waals surface area contributed by atoms with Gasteiger partial charge in [-0.15, -0.1) is 0 Å². The molecule has 146 valence electrons. The maximum Gasteiger partial charge on any atom is 0.335 e. The van der Waals surface area contributed by atoms with E-state index in [0.717, 1.165) is 39.7 Å².